The standard InChI is InChI=1S/C17H20FNO3/c1-17(2)10-22-16(21)15(17)19-7-12(9-20)14(8-19)11-4-3-5-13(18)6-11/h3-6,9,12,14-15H,7-8,10H2,1-2H3/t12-,14-,15+/m1/s1. The summed E-state index contributed by atoms with van der Waals surface area (Å²) in [4.78, 5) is 25.5. The van der Waals surface area contributed by atoms with E-state index in [1.165, 1.54) is 12.1 Å². The SMILES string of the molecule is CC1(C)COC(=O)[C@@H]1N1C[C@H](c2cccc(F)c2)[C@@H](C=O)C1. The highest BCUT2D eigenvalue weighted by Crippen LogP contribution is 2.39. The van der Waals surface area contributed by atoms with E-state index >= 15 is 0 Å². The Morgan fingerprint density at radius 1 is 1.36 bits per heavy atom. The second-order valence-corrected chi connectivity index (χ2v) is 6.91. The number of ether oxygens (including phenoxy) is 1. The molecule has 3 atom stereocenters. The first kappa shape index (κ1) is 15.2. The first-order chi connectivity index (χ1) is 10.4. The fraction of sp³-hybridized carbons (Fsp3) is 0.529. The molecule has 2 aliphatic heterocycles. The largest absolute Gasteiger partial charge is 0.464 e. The maximum Gasteiger partial charge on any atom is 0.324 e. The molecule has 2 fully saturated rings. The third-order valence-electron chi connectivity index (χ3n) is 4.76. The van der Waals surface area contributed by atoms with Crippen LogP contribution in [0.15, 0.2) is 24.3 Å². The number of carbonyl (C=O) groups excluding carboxylic acids is 2. The van der Waals surface area contributed by atoms with Crippen LogP contribution in [-0.2, 0) is 14.3 Å². The van der Waals surface area contributed by atoms with Gasteiger partial charge in [0.25, 0.3) is 0 Å². The summed E-state index contributed by atoms with van der Waals surface area (Å²) in [6.45, 7) is 5.45. The lowest BCUT2D eigenvalue weighted by Gasteiger charge is -2.30. The van der Waals surface area contributed by atoms with E-state index in [1.807, 2.05) is 24.8 Å². The monoisotopic (exact) mass is 305 g/mol. The van der Waals surface area contributed by atoms with Gasteiger partial charge >= 0.3 is 5.97 Å². The average molecular weight is 305 g/mol. The van der Waals surface area contributed by atoms with E-state index in [1.54, 1.807) is 6.07 Å². The number of rotatable bonds is 3. The number of cyclic esters (lactones) is 1. The van der Waals surface area contributed by atoms with Gasteiger partial charge in [0.1, 0.15) is 18.1 Å². The van der Waals surface area contributed by atoms with Crippen LogP contribution in [0.5, 0.6) is 0 Å². The number of halogens is 1. The van der Waals surface area contributed by atoms with Gasteiger partial charge in [-0.2, -0.15) is 0 Å². The lowest BCUT2D eigenvalue weighted by molar-refractivity contribution is -0.142. The molecule has 1 aromatic carbocycles. The quantitative estimate of drug-likeness (QED) is 0.633. The van der Waals surface area contributed by atoms with Crippen LogP contribution < -0.4 is 0 Å². The maximum atomic E-state index is 13.5. The molecule has 0 bridgehead atoms. The Morgan fingerprint density at radius 2 is 2.14 bits per heavy atom. The minimum Gasteiger partial charge on any atom is -0.464 e. The molecule has 2 aliphatic rings. The Bertz CT molecular complexity index is 601. The number of hydrogen-bond acceptors (Lipinski definition) is 4. The third-order valence-corrected chi connectivity index (χ3v) is 4.76. The normalized spacial score (nSPS) is 31.2. The van der Waals surface area contributed by atoms with Crippen molar-refractivity contribution in [1.29, 1.82) is 0 Å². The lowest BCUT2D eigenvalue weighted by Crippen LogP contribution is -2.45. The molecule has 0 spiro atoms. The summed E-state index contributed by atoms with van der Waals surface area (Å²) in [6.07, 6.45) is 0.920. The predicted molar refractivity (Wildman–Crippen MR) is 78.8 cm³/mol. The summed E-state index contributed by atoms with van der Waals surface area (Å²) in [6, 6.07) is 6.02. The van der Waals surface area contributed by atoms with Crippen LogP contribution in [0.4, 0.5) is 4.39 Å². The molecule has 5 heteroatoms. The van der Waals surface area contributed by atoms with Gasteiger partial charge in [0.15, 0.2) is 0 Å². The second-order valence-electron chi connectivity index (χ2n) is 6.91. The number of benzene rings is 1. The van der Waals surface area contributed by atoms with E-state index in [0.29, 0.717) is 19.7 Å². The molecule has 2 heterocycles. The van der Waals surface area contributed by atoms with Crippen molar-refractivity contribution in [1.82, 2.24) is 4.90 Å². The molecular formula is C17H20FNO3. The van der Waals surface area contributed by atoms with Crippen molar-refractivity contribution in [2.75, 3.05) is 19.7 Å². The maximum absolute atomic E-state index is 13.5. The van der Waals surface area contributed by atoms with Crippen molar-refractivity contribution < 1.29 is 18.7 Å². The molecule has 2 saturated heterocycles. The molecule has 1 aromatic rings. The minimum absolute atomic E-state index is 0.0857. The Morgan fingerprint density at radius 3 is 2.73 bits per heavy atom. The Balaban J connectivity index is 1.86. The van der Waals surface area contributed by atoms with Crippen LogP contribution in [0, 0.1) is 17.2 Å². The van der Waals surface area contributed by atoms with Crippen molar-refractivity contribution in [3.05, 3.63) is 35.6 Å². The Hall–Kier alpha value is -1.75. The highest BCUT2D eigenvalue weighted by atomic mass is 19.1. The zero-order valence-electron chi connectivity index (χ0n) is 12.8. The van der Waals surface area contributed by atoms with Crippen molar-refractivity contribution in [2.24, 2.45) is 11.3 Å². The molecule has 0 saturated carbocycles. The summed E-state index contributed by atoms with van der Waals surface area (Å²) < 4.78 is 18.7. The number of hydrogen-bond donors (Lipinski definition) is 0. The van der Waals surface area contributed by atoms with Gasteiger partial charge in [0.2, 0.25) is 0 Å². The number of aldehydes is 1. The van der Waals surface area contributed by atoms with E-state index < -0.39 is 0 Å². The second kappa shape index (κ2) is 5.47. The molecule has 3 rings (SSSR count). The van der Waals surface area contributed by atoms with Gasteiger partial charge in [0, 0.05) is 30.3 Å². The first-order valence-corrected chi connectivity index (χ1v) is 7.54. The Kier molecular flexibility index (Phi) is 3.77. The fourth-order valence-corrected chi connectivity index (χ4v) is 3.68. The zero-order valence-corrected chi connectivity index (χ0v) is 12.8. The lowest BCUT2D eigenvalue weighted by atomic mass is 9.86. The summed E-state index contributed by atoms with van der Waals surface area (Å²) >= 11 is 0. The molecule has 118 valence electrons. The van der Waals surface area contributed by atoms with Crippen LogP contribution >= 0.6 is 0 Å². The summed E-state index contributed by atoms with van der Waals surface area (Å²) in [5.74, 6) is -0.848. The molecule has 0 N–H and O–H groups in total. The average Bonchev–Trinajstić information content (AvgIpc) is 2.99. The van der Waals surface area contributed by atoms with Gasteiger partial charge < -0.3 is 9.53 Å². The molecule has 22 heavy (non-hydrogen) atoms. The molecule has 0 aliphatic carbocycles. The van der Waals surface area contributed by atoms with Crippen molar-refractivity contribution in [3.63, 3.8) is 0 Å². The Labute approximate surface area is 129 Å². The van der Waals surface area contributed by atoms with Crippen molar-refractivity contribution in [3.8, 4) is 0 Å². The number of nitrogens with zero attached hydrogens (tertiary/aromatic N) is 1. The van der Waals surface area contributed by atoms with E-state index in [-0.39, 0.29) is 35.1 Å². The number of likely N-dealkylation sites (tertiary alicyclic amines) is 1. The summed E-state index contributed by atoms with van der Waals surface area (Å²) in [5, 5.41) is 0. The fourth-order valence-electron chi connectivity index (χ4n) is 3.68. The van der Waals surface area contributed by atoms with Crippen molar-refractivity contribution >= 4 is 12.3 Å². The highest BCUT2D eigenvalue weighted by Gasteiger charge is 2.50. The first-order valence-electron chi connectivity index (χ1n) is 7.54. The number of esters is 1. The van der Waals surface area contributed by atoms with Gasteiger partial charge in [-0.1, -0.05) is 26.0 Å². The smallest absolute Gasteiger partial charge is 0.324 e. The van der Waals surface area contributed by atoms with Crippen LogP contribution in [0.2, 0.25) is 0 Å². The molecule has 0 radical (unpaired) electrons. The van der Waals surface area contributed by atoms with E-state index in [4.69, 9.17) is 4.74 Å². The molecular weight excluding hydrogens is 285 g/mol. The number of carbonyl (C=O) groups is 2. The van der Waals surface area contributed by atoms with Gasteiger partial charge in [-0.15, -0.1) is 0 Å². The van der Waals surface area contributed by atoms with Gasteiger partial charge in [0.05, 0.1) is 6.61 Å². The van der Waals surface area contributed by atoms with Gasteiger partial charge in [-0.3, -0.25) is 9.69 Å². The molecule has 0 aromatic heterocycles. The third kappa shape index (κ3) is 2.54. The van der Waals surface area contributed by atoms with Gasteiger partial charge in [-0.05, 0) is 17.7 Å². The van der Waals surface area contributed by atoms with Crippen LogP contribution in [0.1, 0.15) is 25.3 Å². The highest BCUT2D eigenvalue weighted by molar-refractivity contribution is 5.79. The van der Waals surface area contributed by atoms with Gasteiger partial charge in [-0.25, -0.2) is 4.39 Å². The molecule has 4 nitrogen and oxygen atoms in total. The van der Waals surface area contributed by atoms with Crippen LogP contribution in [-0.4, -0.2) is 42.9 Å². The van der Waals surface area contributed by atoms with E-state index in [2.05, 4.69) is 0 Å². The van der Waals surface area contributed by atoms with Crippen LogP contribution in [0.3, 0.4) is 0 Å². The summed E-state index contributed by atoms with van der Waals surface area (Å²) in [7, 11) is 0. The van der Waals surface area contributed by atoms with Crippen molar-refractivity contribution in [2.45, 2.75) is 25.8 Å². The predicted octanol–water partition coefficient (Wildman–Crippen LogP) is 1.99. The summed E-state index contributed by atoms with van der Waals surface area (Å²) in [5.41, 5.74) is 0.533. The zero-order chi connectivity index (χ0) is 15.9. The molecule has 0 amide bonds. The molecule has 0 unspecified atom stereocenters. The minimum atomic E-state index is -0.339. The van der Waals surface area contributed by atoms with E-state index in [0.717, 1.165) is 11.8 Å². The van der Waals surface area contributed by atoms with Crippen LogP contribution in [0.25, 0.3) is 0 Å². The van der Waals surface area contributed by atoms with E-state index in [9.17, 15) is 14.0 Å². The topological polar surface area (TPSA) is 46.6 Å².